The van der Waals surface area contributed by atoms with E-state index in [0.717, 1.165) is 5.56 Å². The molecule has 1 amide bonds. The molecule has 3 aromatic rings. The number of carbonyl (C=O) groups is 2. The third-order valence-electron chi connectivity index (χ3n) is 3.88. The number of tetrazole rings is 1. The molecule has 0 N–H and O–H groups in total. The molecule has 1 aromatic heterocycles. The minimum Gasteiger partial charge on any atom is -0.452 e. The van der Waals surface area contributed by atoms with Crippen LogP contribution < -0.4 is 0 Å². The highest BCUT2D eigenvalue weighted by atomic mass is 35.5. The lowest BCUT2D eigenvalue weighted by Gasteiger charge is -2.18. The molecule has 0 spiro atoms. The van der Waals surface area contributed by atoms with E-state index in [1.165, 1.54) is 15.9 Å². The van der Waals surface area contributed by atoms with Crippen molar-refractivity contribution in [2.24, 2.45) is 0 Å². The molecule has 0 saturated heterocycles. The Bertz CT molecular complexity index is 995. The van der Waals surface area contributed by atoms with Gasteiger partial charge in [0.1, 0.15) is 6.33 Å². The van der Waals surface area contributed by atoms with E-state index in [4.69, 9.17) is 27.9 Å². The van der Waals surface area contributed by atoms with E-state index >= 15 is 0 Å². The second-order valence-corrected chi connectivity index (χ2v) is 6.66. The largest absolute Gasteiger partial charge is 0.452 e. The number of para-hydroxylation sites is 1. The molecule has 1 heterocycles. The Hall–Kier alpha value is -2.97. The summed E-state index contributed by atoms with van der Waals surface area (Å²) in [6, 6.07) is 11.8. The molecule has 2 aromatic carbocycles. The molecule has 10 heteroatoms. The molecule has 0 saturated carbocycles. The molecular formula is C18H15Cl2N5O3. The first-order valence-electron chi connectivity index (χ1n) is 8.13. The number of hydrogen-bond donors (Lipinski definition) is 0. The summed E-state index contributed by atoms with van der Waals surface area (Å²) in [4.78, 5) is 26.2. The van der Waals surface area contributed by atoms with Crippen LogP contribution in [0.4, 0.5) is 0 Å². The van der Waals surface area contributed by atoms with Gasteiger partial charge in [0.2, 0.25) is 0 Å². The van der Waals surface area contributed by atoms with Gasteiger partial charge in [-0.1, -0.05) is 41.4 Å². The van der Waals surface area contributed by atoms with Crippen molar-refractivity contribution in [3.05, 3.63) is 70.0 Å². The van der Waals surface area contributed by atoms with Crippen molar-refractivity contribution < 1.29 is 14.3 Å². The highest BCUT2D eigenvalue weighted by Crippen LogP contribution is 2.23. The number of ether oxygens (including phenoxy) is 1. The zero-order chi connectivity index (χ0) is 20.1. The molecule has 0 radical (unpaired) electrons. The maximum Gasteiger partial charge on any atom is 0.340 e. The quantitative estimate of drug-likeness (QED) is 0.570. The lowest BCUT2D eigenvalue weighted by molar-refractivity contribution is -0.133. The van der Waals surface area contributed by atoms with Gasteiger partial charge in [0, 0.05) is 13.6 Å². The fraction of sp³-hybridized carbons (Fsp3) is 0.167. The second-order valence-electron chi connectivity index (χ2n) is 5.85. The monoisotopic (exact) mass is 419 g/mol. The van der Waals surface area contributed by atoms with Crippen LogP contribution in [0.1, 0.15) is 15.9 Å². The molecular weight excluding hydrogens is 405 g/mol. The summed E-state index contributed by atoms with van der Waals surface area (Å²) in [5, 5.41) is 11.7. The maximum absolute atomic E-state index is 12.4. The number of rotatable bonds is 6. The van der Waals surface area contributed by atoms with Gasteiger partial charge < -0.3 is 9.64 Å². The van der Waals surface area contributed by atoms with Crippen LogP contribution in [0.3, 0.4) is 0 Å². The number of carbonyl (C=O) groups excluding carboxylic acids is 2. The Morgan fingerprint density at radius 2 is 1.93 bits per heavy atom. The molecule has 0 aliphatic heterocycles. The van der Waals surface area contributed by atoms with Gasteiger partial charge in [0.05, 0.1) is 21.3 Å². The number of aromatic nitrogens is 4. The molecule has 144 valence electrons. The van der Waals surface area contributed by atoms with Gasteiger partial charge in [-0.3, -0.25) is 4.79 Å². The minimum atomic E-state index is -0.651. The molecule has 0 bridgehead atoms. The minimum absolute atomic E-state index is 0.245. The highest BCUT2D eigenvalue weighted by Gasteiger charge is 2.18. The molecule has 3 rings (SSSR count). The predicted octanol–water partition coefficient (Wildman–Crippen LogP) is 2.78. The van der Waals surface area contributed by atoms with Crippen LogP contribution >= 0.6 is 23.2 Å². The van der Waals surface area contributed by atoms with Crippen LogP contribution in [0.5, 0.6) is 0 Å². The molecule has 0 fully saturated rings. The summed E-state index contributed by atoms with van der Waals surface area (Å²) in [5.74, 6) is -1.01. The van der Waals surface area contributed by atoms with E-state index in [2.05, 4.69) is 15.5 Å². The first kappa shape index (κ1) is 19.8. The first-order valence-corrected chi connectivity index (χ1v) is 8.88. The normalized spacial score (nSPS) is 10.5. The van der Waals surface area contributed by atoms with Gasteiger partial charge in [-0.25, -0.2) is 4.79 Å². The van der Waals surface area contributed by atoms with Crippen LogP contribution in [0, 0.1) is 0 Å². The Labute approximate surface area is 170 Å². The standard InChI is InChI=1S/C18H15Cl2N5O3/c1-24(9-12-6-7-14(19)15(20)8-12)17(26)10-28-18(27)13-4-2-3-5-16(13)25-11-21-22-23-25/h2-8,11H,9-10H2,1H3. The summed E-state index contributed by atoms with van der Waals surface area (Å²) < 4.78 is 6.51. The van der Waals surface area contributed by atoms with Crippen molar-refractivity contribution in [3.8, 4) is 5.69 Å². The summed E-state index contributed by atoms with van der Waals surface area (Å²) in [5.41, 5.74) is 1.50. The third kappa shape index (κ3) is 4.65. The number of hydrogen-bond acceptors (Lipinski definition) is 6. The van der Waals surface area contributed by atoms with Crippen LogP contribution in [0.25, 0.3) is 5.69 Å². The maximum atomic E-state index is 12.4. The Morgan fingerprint density at radius 3 is 2.64 bits per heavy atom. The zero-order valence-electron chi connectivity index (χ0n) is 14.7. The van der Waals surface area contributed by atoms with Gasteiger partial charge in [-0.15, -0.1) is 5.10 Å². The summed E-state index contributed by atoms with van der Waals surface area (Å²) in [6.07, 6.45) is 1.36. The van der Waals surface area contributed by atoms with Crippen LogP contribution in [-0.2, 0) is 16.1 Å². The SMILES string of the molecule is CN(Cc1ccc(Cl)c(Cl)c1)C(=O)COC(=O)c1ccccc1-n1cnnn1. The number of likely N-dealkylation sites (N-methyl/N-ethyl adjacent to an activating group) is 1. The zero-order valence-corrected chi connectivity index (χ0v) is 16.3. The fourth-order valence-corrected chi connectivity index (χ4v) is 2.75. The van der Waals surface area contributed by atoms with E-state index < -0.39 is 12.6 Å². The topological polar surface area (TPSA) is 90.2 Å². The van der Waals surface area contributed by atoms with Crippen molar-refractivity contribution in [3.63, 3.8) is 0 Å². The van der Waals surface area contributed by atoms with E-state index in [9.17, 15) is 9.59 Å². The molecule has 0 unspecified atom stereocenters. The van der Waals surface area contributed by atoms with Gasteiger partial charge >= 0.3 is 5.97 Å². The van der Waals surface area contributed by atoms with Crippen LogP contribution in [-0.4, -0.2) is 50.6 Å². The molecule has 0 aliphatic rings. The number of nitrogens with zero attached hydrogens (tertiary/aromatic N) is 5. The van der Waals surface area contributed by atoms with Gasteiger partial charge in [0.15, 0.2) is 6.61 Å². The smallest absolute Gasteiger partial charge is 0.340 e. The lowest BCUT2D eigenvalue weighted by atomic mass is 10.2. The van der Waals surface area contributed by atoms with Gasteiger partial charge in [-0.05, 0) is 40.3 Å². The van der Waals surface area contributed by atoms with E-state index in [0.29, 0.717) is 22.3 Å². The van der Waals surface area contributed by atoms with E-state index in [1.807, 2.05) is 0 Å². The predicted molar refractivity (Wildman–Crippen MR) is 102 cm³/mol. The van der Waals surface area contributed by atoms with E-state index in [-0.39, 0.29) is 11.5 Å². The molecule has 0 aliphatic carbocycles. The molecule has 28 heavy (non-hydrogen) atoms. The molecule has 0 atom stereocenters. The van der Waals surface area contributed by atoms with Crippen molar-refractivity contribution in [1.29, 1.82) is 0 Å². The number of benzene rings is 2. The Kier molecular flexibility index (Phi) is 6.23. The summed E-state index contributed by atoms with van der Waals surface area (Å²) >= 11 is 11.9. The summed E-state index contributed by atoms with van der Waals surface area (Å²) in [6.45, 7) is -0.102. The van der Waals surface area contributed by atoms with E-state index in [1.54, 1.807) is 49.5 Å². The lowest BCUT2D eigenvalue weighted by Crippen LogP contribution is -2.31. The first-order chi connectivity index (χ1) is 13.5. The average molecular weight is 420 g/mol. The average Bonchev–Trinajstić information content (AvgIpc) is 3.23. The fourth-order valence-electron chi connectivity index (χ4n) is 2.43. The number of halogens is 2. The van der Waals surface area contributed by atoms with Crippen molar-refractivity contribution in [2.75, 3.05) is 13.7 Å². The highest BCUT2D eigenvalue weighted by molar-refractivity contribution is 6.42. The Morgan fingerprint density at radius 1 is 1.14 bits per heavy atom. The number of esters is 1. The van der Waals surface area contributed by atoms with Crippen molar-refractivity contribution >= 4 is 35.1 Å². The van der Waals surface area contributed by atoms with Crippen molar-refractivity contribution in [1.82, 2.24) is 25.1 Å². The second kappa shape index (κ2) is 8.81. The van der Waals surface area contributed by atoms with Crippen LogP contribution in [0.2, 0.25) is 10.0 Å². The van der Waals surface area contributed by atoms with Crippen molar-refractivity contribution in [2.45, 2.75) is 6.54 Å². The number of amides is 1. The van der Waals surface area contributed by atoms with Gasteiger partial charge in [-0.2, -0.15) is 4.68 Å². The summed E-state index contributed by atoms with van der Waals surface area (Å²) in [7, 11) is 1.60. The third-order valence-corrected chi connectivity index (χ3v) is 4.62. The molecule has 8 nitrogen and oxygen atoms in total. The van der Waals surface area contributed by atoms with Crippen LogP contribution in [0.15, 0.2) is 48.8 Å². The van der Waals surface area contributed by atoms with Gasteiger partial charge in [0.25, 0.3) is 5.91 Å². The Balaban J connectivity index is 1.61.